The molecule has 9 amide bonds. The number of methoxy groups -OCH3 is 2. The molecule has 39 heteroatoms. The van der Waals surface area contributed by atoms with Gasteiger partial charge in [0.1, 0.15) is 46.5 Å². The highest BCUT2D eigenvalue weighted by molar-refractivity contribution is 6.05. The van der Waals surface area contributed by atoms with Crippen molar-refractivity contribution < 1.29 is 85.8 Å². The standard InChI is InChI=1S/C76H104N20O19/c1-49-39-51(67-85-55-43-54(107-9)44-58(108-10)65(55)73(103)90-67)40-50(2)66(49)115-38-37-114-36-35-113-34-33-112-32-31-111-30-29-110-28-27-109-26-16-62(98)78-18-12-24-91(3)23-11-17-77-61(97)13-19-82-74(104)69-88-59(47-95(69)7)86-63(99)14-20-81-72(102)57-42-53(46-94(57)6)84-76(106)70-89-60(48-96(70)8)87-64(100)15-21-80-71(101)56-41-52(45-93(56)5)83-75(105)68-79-22-25-92(68)4/h22,25,39-48H,11-21,23-24,26-38H2,1-10H3,(H,77,97)(H,78,98)(H,80,101)(H,81,102)(H,82,104)(H,83,105)(H,84,106)(H,86,99)(H,87,100)(H,85,90,103). The van der Waals surface area contributed by atoms with Crippen LogP contribution in [0.15, 0.2) is 78.4 Å². The van der Waals surface area contributed by atoms with E-state index in [1.54, 1.807) is 71.4 Å². The van der Waals surface area contributed by atoms with Gasteiger partial charge in [-0.1, -0.05) is 0 Å². The van der Waals surface area contributed by atoms with Crippen LogP contribution >= 0.6 is 0 Å². The zero-order valence-electron chi connectivity index (χ0n) is 66.5. The third-order valence-electron chi connectivity index (χ3n) is 17.4. The number of hydrogen-bond acceptors (Lipinski definition) is 24. The molecule has 0 radical (unpaired) electrons. The lowest BCUT2D eigenvalue weighted by molar-refractivity contribution is -0.122. The number of hydrogen-bond donors (Lipinski definition) is 10. The van der Waals surface area contributed by atoms with E-state index in [1.807, 2.05) is 33.0 Å². The van der Waals surface area contributed by atoms with Crippen molar-refractivity contribution in [1.82, 2.24) is 79.2 Å². The summed E-state index contributed by atoms with van der Waals surface area (Å²) in [5, 5.41) is 24.7. The van der Waals surface area contributed by atoms with Gasteiger partial charge in [0.15, 0.2) is 17.5 Å². The number of benzene rings is 2. The average Bonchev–Trinajstić information content (AvgIpc) is 1.53. The van der Waals surface area contributed by atoms with Crippen LogP contribution in [0.5, 0.6) is 17.2 Å². The van der Waals surface area contributed by atoms with E-state index >= 15 is 0 Å². The lowest BCUT2D eigenvalue weighted by Crippen LogP contribution is -2.33. The monoisotopic (exact) mass is 1600 g/mol. The van der Waals surface area contributed by atoms with Crippen molar-refractivity contribution in [2.24, 2.45) is 35.2 Å². The summed E-state index contributed by atoms with van der Waals surface area (Å²) in [5.41, 5.74) is 3.72. The Labute approximate surface area is 663 Å². The zero-order valence-corrected chi connectivity index (χ0v) is 66.5. The van der Waals surface area contributed by atoms with E-state index in [4.69, 9.17) is 47.6 Å². The number of fused-ring (bicyclic) bond motifs is 1. The molecular formula is C76H104N20O19. The Bertz CT molecular complexity index is 4650. The summed E-state index contributed by atoms with van der Waals surface area (Å²) in [4.78, 5) is 151. The number of rotatable bonds is 51. The maximum absolute atomic E-state index is 13.3. The molecule has 0 aliphatic carbocycles. The molecule has 115 heavy (non-hydrogen) atoms. The summed E-state index contributed by atoms with van der Waals surface area (Å²) in [7, 11) is 13.0. The second-order valence-electron chi connectivity index (χ2n) is 26.5. The van der Waals surface area contributed by atoms with Gasteiger partial charge in [-0.3, -0.25) is 47.9 Å². The predicted octanol–water partition coefficient (Wildman–Crippen LogP) is 2.76. The largest absolute Gasteiger partial charge is 0.497 e. The van der Waals surface area contributed by atoms with Crippen molar-refractivity contribution in [3.8, 4) is 28.6 Å². The Morgan fingerprint density at radius 3 is 1.38 bits per heavy atom. The molecule has 6 aromatic heterocycles. The molecule has 8 aromatic rings. The lowest BCUT2D eigenvalue weighted by atomic mass is 10.0. The van der Waals surface area contributed by atoms with Crippen LogP contribution in [0.4, 0.5) is 23.0 Å². The molecule has 622 valence electrons. The number of H-pyrrole nitrogens is 1. The van der Waals surface area contributed by atoms with Gasteiger partial charge in [0.2, 0.25) is 35.3 Å². The van der Waals surface area contributed by atoms with Gasteiger partial charge in [0.25, 0.3) is 35.1 Å². The van der Waals surface area contributed by atoms with Gasteiger partial charge in [-0.15, -0.1) is 0 Å². The van der Waals surface area contributed by atoms with Crippen LogP contribution in [0.1, 0.15) is 102 Å². The second kappa shape index (κ2) is 45.7. The van der Waals surface area contributed by atoms with Crippen LogP contribution in [-0.2, 0) is 82.8 Å². The summed E-state index contributed by atoms with van der Waals surface area (Å²) in [5.74, 6) is -1.58. The Morgan fingerprint density at radius 1 is 0.452 bits per heavy atom. The summed E-state index contributed by atoms with van der Waals surface area (Å²) in [6.45, 7) is 11.2. The van der Waals surface area contributed by atoms with Crippen LogP contribution in [0.2, 0.25) is 0 Å². The molecule has 6 heterocycles. The highest BCUT2D eigenvalue weighted by atomic mass is 16.6. The van der Waals surface area contributed by atoms with Crippen molar-refractivity contribution in [1.29, 1.82) is 0 Å². The average molecular weight is 1600 g/mol. The third kappa shape index (κ3) is 28.3. The molecular weight excluding hydrogens is 1500 g/mol. The number of nitrogens with zero attached hydrogens (tertiary/aromatic N) is 10. The number of aromatic nitrogens is 10. The summed E-state index contributed by atoms with van der Waals surface area (Å²) in [6.07, 6.45) is 10.5. The number of carbonyl (C=O) groups excluding carboxylic acids is 9. The van der Waals surface area contributed by atoms with Gasteiger partial charge < -0.3 is 123 Å². The molecule has 0 unspecified atom stereocenters. The van der Waals surface area contributed by atoms with Crippen molar-refractivity contribution in [2.45, 2.75) is 52.4 Å². The number of anilines is 4. The zero-order chi connectivity index (χ0) is 82.8. The van der Waals surface area contributed by atoms with E-state index in [-0.39, 0.29) is 115 Å². The molecule has 2 aromatic carbocycles. The lowest BCUT2D eigenvalue weighted by Gasteiger charge is -2.16. The predicted molar refractivity (Wildman–Crippen MR) is 423 cm³/mol. The van der Waals surface area contributed by atoms with E-state index in [2.05, 4.69) is 72.7 Å². The SMILES string of the molecule is COc1cc(OC)c2c(=O)[nH]c(-c3cc(C)c(OCCOCCOCCOCCOCCOCCOCCC(=O)NCCCN(C)CCCNC(=O)CCNC(=O)c4nc(NC(=O)CCNC(=O)c5cc(NC(=O)c6nc(NC(=O)CCNC(=O)c7cc(NC(=O)c8nccn8C)cn7C)cn6C)cn5C)cn4C)c(C)c3)nc2c1. The topological polar surface area (TPSA) is 457 Å². The molecule has 8 rings (SSSR count). The van der Waals surface area contributed by atoms with Gasteiger partial charge in [0.05, 0.1) is 110 Å². The van der Waals surface area contributed by atoms with Crippen molar-refractivity contribution in [3.05, 3.63) is 124 Å². The second-order valence-corrected chi connectivity index (χ2v) is 26.5. The van der Waals surface area contributed by atoms with Gasteiger partial charge in [-0.2, -0.15) is 0 Å². The maximum atomic E-state index is 13.3. The minimum atomic E-state index is -0.640. The number of amides is 9. The van der Waals surface area contributed by atoms with E-state index in [0.717, 1.165) is 35.4 Å². The summed E-state index contributed by atoms with van der Waals surface area (Å²) >= 11 is 0. The van der Waals surface area contributed by atoms with Crippen molar-refractivity contribution in [3.63, 3.8) is 0 Å². The smallest absolute Gasteiger partial charge is 0.291 e. The number of aryl methyl sites for hydroxylation is 7. The van der Waals surface area contributed by atoms with Crippen LogP contribution in [0.25, 0.3) is 22.3 Å². The Kier molecular flexibility index (Phi) is 35.3. The minimum Gasteiger partial charge on any atom is -0.497 e. The number of nitrogens with one attached hydrogen (secondary N) is 10. The number of imidazole rings is 3. The first kappa shape index (κ1) is 88.7. The van der Waals surface area contributed by atoms with Crippen LogP contribution in [-0.4, -0.2) is 259 Å². The van der Waals surface area contributed by atoms with Gasteiger partial charge in [-0.25, -0.2) is 19.9 Å². The van der Waals surface area contributed by atoms with Crippen LogP contribution in [0.3, 0.4) is 0 Å². The van der Waals surface area contributed by atoms with Gasteiger partial charge in [-0.05, 0) is 82.2 Å². The first-order chi connectivity index (χ1) is 55.4. The fourth-order valence-electron chi connectivity index (χ4n) is 11.6. The van der Waals surface area contributed by atoms with E-state index in [9.17, 15) is 47.9 Å². The van der Waals surface area contributed by atoms with Crippen LogP contribution in [0, 0.1) is 13.8 Å². The molecule has 0 saturated heterocycles. The van der Waals surface area contributed by atoms with E-state index < -0.39 is 41.4 Å². The molecule has 0 fully saturated rings. The van der Waals surface area contributed by atoms with Gasteiger partial charge >= 0.3 is 0 Å². The Morgan fingerprint density at radius 2 is 0.904 bits per heavy atom. The molecule has 0 bridgehead atoms. The summed E-state index contributed by atoms with van der Waals surface area (Å²) in [6, 6.07) is 10.1. The van der Waals surface area contributed by atoms with E-state index in [1.165, 1.54) is 62.3 Å². The number of aromatic amines is 1. The first-order valence-corrected chi connectivity index (χ1v) is 37.4. The highest BCUT2D eigenvalue weighted by Gasteiger charge is 2.23. The molecule has 39 nitrogen and oxygen atoms in total. The normalized spacial score (nSPS) is 11.2. The Balaban J connectivity index is 0.558. The van der Waals surface area contributed by atoms with Crippen molar-refractivity contribution >= 4 is 87.1 Å². The number of carbonyl (C=O) groups is 9. The quantitative estimate of drug-likeness (QED) is 0.0245. The molecule has 0 atom stereocenters. The third-order valence-corrected chi connectivity index (χ3v) is 17.4. The minimum absolute atomic E-state index is 0.00254. The van der Waals surface area contributed by atoms with Gasteiger partial charge in [0, 0.05) is 149 Å². The fraction of sp³-hybridized carbons (Fsp3) is 0.474. The molecule has 0 aliphatic heterocycles. The molecule has 0 aliphatic rings. The molecule has 0 saturated carbocycles. The van der Waals surface area contributed by atoms with Crippen molar-refractivity contribution in [2.75, 3.05) is 174 Å². The molecule has 10 N–H and O–H groups in total. The maximum Gasteiger partial charge on any atom is 0.291 e. The van der Waals surface area contributed by atoms with Crippen LogP contribution < -0.4 is 67.6 Å². The fourth-order valence-corrected chi connectivity index (χ4v) is 11.6. The first-order valence-electron chi connectivity index (χ1n) is 37.4. The number of ether oxygens (including phenoxy) is 9. The highest BCUT2D eigenvalue weighted by Crippen LogP contribution is 2.32. The summed E-state index contributed by atoms with van der Waals surface area (Å²) < 4.78 is 57.7. The van der Waals surface area contributed by atoms with E-state index in [0.29, 0.717) is 139 Å². The molecule has 0 spiro atoms. The Hall–Kier alpha value is -11.9.